The lowest BCUT2D eigenvalue weighted by Crippen LogP contribution is -2.49. The molecule has 3 nitrogen and oxygen atoms in total. The van der Waals surface area contributed by atoms with E-state index in [1.807, 2.05) is 6.07 Å². The van der Waals surface area contributed by atoms with Gasteiger partial charge >= 0.3 is 5.97 Å². The molecule has 0 fully saturated rings. The van der Waals surface area contributed by atoms with Crippen LogP contribution in [0.2, 0.25) is 0 Å². The Bertz CT molecular complexity index is 397. The third-order valence-corrected chi connectivity index (χ3v) is 3.49. The molecule has 82 valence electrons. The van der Waals surface area contributed by atoms with Crippen molar-refractivity contribution in [3.63, 3.8) is 0 Å². The molecule has 2 N–H and O–H groups in total. The fraction of sp³-hybridized carbons (Fsp3) is 0.222. The number of fused-ring (bicyclic) bond motifs is 1. The molecule has 1 aliphatic rings. The van der Waals surface area contributed by atoms with Gasteiger partial charge in [-0.2, -0.15) is 25.3 Å². The first-order valence-corrected chi connectivity index (χ1v) is 5.00. The molecule has 15 heavy (non-hydrogen) atoms. The maximum atomic E-state index is 11.3. The van der Waals surface area contributed by atoms with Gasteiger partial charge in [0.15, 0.2) is 0 Å². The quantitative estimate of drug-likeness (QED) is 0.287. The summed E-state index contributed by atoms with van der Waals surface area (Å²) in [5.41, 5.74) is 6.59. The average molecular weight is 264 g/mol. The van der Waals surface area contributed by atoms with E-state index in [4.69, 9.17) is 10.5 Å². The second kappa shape index (κ2) is 4.25. The number of ether oxygens (including phenoxy) is 1. The van der Waals surface area contributed by atoms with Gasteiger partial charge in [0.2, 0.25) is 0 Å². The lowest BCUT2D eigenvalue weighted by molar-refractivity contribution is -0.135. The molecule has 0 aliphatic carbocycles. The van der Waals surface area contributed by atoms with E-state index < -0.39 is 16.1 Å². The van der Waals surface area contributed by atoms with Crippen molar-refractivity contribution in [2.24, 2.45) is 5.73 Å². The Kier molecular flexibility index (Phi) is 3.60. The second-order valence-electron chi connectivity index (χ2n) is 3.15. The summed E-state index contributed by atoms with van der Waals surface area (Å²) in [6.45, 7) is 0. The third-order valence-electron chi connectivity index (χ3n) is 2.17. The summed E-state index contributed by atoms with van der Waals surface area (Å²) in [5.74, 6) is -0.00941. The molecular formula is C9H10ClNO2S2. The van der Waals surface area contributed by atoms with Gasteiger partial charge in [-0.1, -0.05) is 18.2 Å². The number of carbonyl (C=O) groups excluding carboxylic acids is 1. The second-order valence-corrected chi connectivity index (χ2v) is 4.40. The molecule has 1 aromatic carbocycles. The lowest BCUT2D eigenvalue weighted by Gasteiger charge is -2.34. The van der Waals surface area contributed by atoms with Crippen molar-refractivity contribution < 1.29 is 9.53 Å². The molecule has 2 rings (SSSR count). The molecule has 1 aromatic rings. The van der Waals surface area contributed by atoms with E-state index in [-0.39, 0.29) is 12.4 Å². The van der Waals surface area contributed by atoms with Crippen LogP contribution in [-0.4, -0.2) is 11.2 Å². The number of rotatable bonds is 0. The van der Waals surface area contributed by atoms with Crippen LogP contribution in [0.25, 0.3) is 0 Å². The summed E-state index contributed by atoms with van der Waals surface area (Å²) in [6.07, 6.45) is 0. The lowest BCUT2D eigenvalue weighted by atomic mass is 10.00. The molecule has 0 saturated carbocycles. The van der Waals surface area contributed by atoms with E-state index in [0.717, 1.165) is 0 Å². The van der Waals surface area contributed by atoms with Crippen LogP contribution in [0.15, 0.2) is 24.3 Å². The SMILES string of the molecule is Cl.NC1(S)c2ccccc2OC(=O)C1S. The van der Waals surface area contributed by atoms with Crippen molar-refractivity contribution in [1.29, 1.82) is 0 Å². The van der Waals surface area contributed by atoms with Crippen molar-refractivity contribution in [3.8, 4) is 5.75 Å². The van der Waals surface area contributed by atoms with Crippen LogP contribution in [0.3, 0.4) is 0 Å². The number of carbonyl (C=O) groups is 1. The molecule has 0 amide bonds. The number of thiol groups is 2. The Morgan fingerprint density at radius 2 is 2.00 bits per heavy atom. The summed E-state index contributed by atoms with van der Waals surface area (Å²) in [5, 5.41) is -0.749. The van der Waals surface area contributed by atoms with Gasteiger partial charge in [-0.25, -0.2) is 0 Å². The van der Waals surface area contributed by atoms with E-state index in [9.17, 15) is 4.79 Å². The molecule has 0 aromatic heterocycles. The molecule has 0 spiro atoms. The van der Waals surface area contributed by atoms with Crippen LogP contribution in [0.4, 0.5) is 0 Å². The molecular weight excluding hydrogens is 254 g/mol. The molecule has 0 radical (unpaired) electrons. The molecule has 0 saturated heterocycles. The van der Waals surface area contributed by atoms with Gasteiger partial charge in [-0.15, -0.1) is 12.4 Å². The predicted octanol–water partition coefficient (Wildman–Crippen LogP) is 1.37. The maximum absolute atomic E-state index is 11.3. The van der Waals surface area contributed by atoms with Crippen LogP contribution in [-0.2, 0) is 9.67 Å². The Morgan fingerprint density at radius 3 is 2.67 bits per heavy atom. The minimum atomic E-state index is -1.07. The monoisotopic (exact) mass is 263 g/mol. The van der Waals surface area contributed by atoms with Crippen LogP contribution < -0.4 is 10.5 Å². The number of hydrogen-bond donors (Lipinski definition) is 3. The fourth-order valence-corrected chi connectivity index (χ4v) is 1.86. The zero-order chi connectivity index (χ0) is 10.3. The number of halogens is 1. The highest BCUT2D eigenvalue weighted by atomic mass is 35.5. The number of esters is 1. The topological polar surface area (TPSA) is 52.3 Å². The first-order valence-electron chi connectivity index (χ1n) is 4.04. The third kappa shape index (κ3) is 1.97. The van der Waals surface area contributed by atoms with E-state index in [1.165, 1.54) is 0 Å². The number of para-hydroxylation sites is 1. The summed E-state index contributed by atoms with van der Waals surface area (Å²) in [7, 11) is 0. The summed E-state index contributed by atoms with van der Waals surface area (Å²) in [4.78, 5) is 10.3. The van der Waals surface area contributed by atoms with E-state index in [0.29, 0.717) is 11.3 Å². The van der Waals surface area contributed by atoms with E-state index >= 15 is 0 Å². The van der Waals surface area contributed by atoms with Crippen molar-refractivity contribution in [2.45, 2.75) is 10.1 Å². The average Bonchev–Trinajstić information content (AvgIpc) is 2.15. The van der Waals surface area contributed by atoms with Crippen molar-refractivity contribution in [3.05, 3.63) is 29.8 Å². The van der Waals surface area contributed by atoms with E-state index in [2.05, 4.69) is 25.3 Å². The minimum Gasteiger partial charge on any atom is -0.425 e. The highest BCUT2D eigenvalue weighted by Crippen LogP contribution is 2.40. The summed E-state index contributed by atoms with van der Waals surface area (Å²) < 4.78 is 5.04. The van der Waals surface area contributed by atoms with Crippen LogP contribution in [0.5, 0.6) is 5.75 Å². The van der Waals surface area contributed by atoms with Crippen molar-refractivity contribution in [2.75, 3.05) is 0 Å². The minimum absolute atomic E-state index is 0. The standard InChI is InChI=1S/C9H9NO2S2.ClH/c10-9(14)5-3-1-2-4-6(5)12-8(11)7(9)13;/h1-4,7,13-14H,10H2;1H. The summed E-state index contributed by atoms with van der Waals surface area (Å²) in [6, 6.07) is 7.05. The number of nitrogens with two attached hydrogens (primary N) is 1. The summed E-state index contributed by atoms with van der Waals surface area (Å²) >= 11 is 8.34. The van der Waals surface area contributed by atoms with Gasteiger partial charge in [-0.05, 0) is 6.07 Å². The first-order chi connectivity index (χ1) is 6.53. The predicted molar refractivity (Wildman–Crippen MR) is 67.0 cm³/mol. The van der Waals surface area contributed by atoms with Crippen molar-refractivity contribution in [1.82, 2.24) is 0 Å². The number of hydrogen-bond acceptors (Lipinski definition) is 5. The van der Waals surface area contributed by atoms with Crippen LogP contribution in [0.1, 0.15) is 5.56 Å². The normalized spacial score (nSPS) is 28.7. The molecule has 6 heteroatoms. The van der Waals surface area contributed by atoms with Gasteiger partial charge in [-0.3, -0.25) is 4.79 Å². The molecule has 2 unspecified atom stereocenters. The van der Waals surface area contributed by atoms with Gasteiger partial charge in [0.1, 0.15) is 15.9 Å². The Balaban J connectivity index is 0.00000112. The smallest absolute Gasteiger partial charge is 0.327 e. The van der Waals surface area contributed by atoms with Gasteiger partial charge in [0.25, 0.3) is 0 Å². The maximum Gasteiger partial charge on any atom is 0.327 e. The molecule has 0 bridgehead atoms. The Labute approximate surface area is 105 Å². The molecule has 1 aliphatic heterocycles. The Hall–Kier alpha value is -0.360. The molecule has 2 atom stereocenters. The molecule has 1 heterocycles. The van der Waals surface area contributed by atoms with Gasteiger partial charge in [0, 0.05) is 5.56 Å². The van der Waals surface area contributed by atoms with E-state index in [1.54, 1.807) is 18.2 Å². The number of benzene rings is 1. The van der Waals surface area contributed by atoms with Crippen LogP contribution >= 0.6 is 37.7 Å². The highest BCUT2D eigenvalue weighted by Gasteiger charge is 2.43. The Morgan fingerprint density at radius 1 is 1.40 bits per heavy atom. The first kappa shape index (κ1) is 12.7. The fourth-order valence-electron chi connectivity index (χ4n) is 1.38. The zero-order valence-corrected chi connectivity index (χ0v) is 10.2. The zero-order valence-electron chi connectivity index (χ0n) is 7.58. The van der Waals surface area contributed by atoms with Gasteiger partial charge < -0.3 is 10.5 Å². The highest BCUT2D eigenvalue weighted by molar-refractivity contribution is 7.86. The van der Waals surface area contributed by atoms with Gasteiger partial charge in [0.05, 0.1) is 0 Å². The van der Waals surface area contributed by atoms with Crippen LogP contribution in [0, 0.1) is 0 Å². The van der Waals surface area contributed by atoms with Crippen molar-refractivity contribution >= 4 is 43.6 Å². The largest absolute Gasteiger partial charge is 0.425 e.